The molecule has 0 saturated carbocycles. The number of aromatic nitrogens is 3. The van der Waals surface area contributed by atoms with Crippen molar-refractivity contribution in [3.05, 3.63) is 30.4 Å². The Morgan fingerprint density at radius 3 is 3.00 bits per heavy atom. The van der Waals surface area contributed by atoms with Gasteiger partial charge in [0.25, 0.3) is 5.91 Å². The number of amides is 1. The Labute approximate surface area is 119 Å². The second kappa shape index (κ2) is 6.38. The quantitative estimate of drug-likeness (QED) is 0.812. The van der Waals surface area contributed by atoms with E-state index in [4.69, 9.17) is 5.11 Å². The van der Waals surface area contributed by atoms with Crippen LogP contribution in [-0.2, 0) is 4.79 Å². The van der Waals surface area contributed by atoms with Crippen LogP contribution in [0.1, 0.15) is 16.8 Å². The van der Waals surface area contributed by atoms with Crippen LogP contribution >= 0.6 is 11.8 Å². The molecule has 0 aliphatic rings. The number of rotatable bonds is 6. The molecule has 0 bridgehead atoms. The highest BCUT2D eigenvalue weighted by molar-refractivity contribution is 7.98. The van der Waals surface area contributed by atoms with Crippen molar-refractivity contribution in [3.8, 4) is 0 Å². The number of aliphatic carboxylic acids is 1. The van der Waals surface area contributed by atoms with Crippen molar-refractivity contribution in [1.29, 1.82) is 0 Å². The van der Waals surface area contributed by atoms with E-state index < -0.39 is 17.9 Å². The maximum atomic E-state index is 12.1. The third-order valence-electron chi connectivity index (χ3n) is 2.78. The summed E-state index contributed by atoms with van der Waals surface area (Å²) in [6.45, 7) is 0. The summed E-state index contributed by atoms with van der Waals surface area (Å²) in [6.07, 6.45) is 8.35. The van der Waals surface area contributed by atoms with Crippen LogP contribution in [0.4, 0.5) is 0 Å². The summed E-state index contributed by atoms with van der Waals surface area (Å²) in [4.78, 5) is 27.2. The first-order valence-corrected chi connectivity index (χ1v) is 7.33. The molecule has 2 heterocycles. The highest BCUT2D eigenvalue weighted by Gasteiger charge is 2.22. The number of carbonyl (C=O) groups excluding carboxylic acids is 1. The van der Waals surface area contributed by atoms with Gasteiger partial charge in [-0.05, 0) is 18.4 Å². The number of nitrogens with one attached hydrogen (secondary N) is 1. The largest absolute Gasteiger partial charge is 0.480 e. The summed E-state index contributed by atoms with van der Waals surface area (Å²) >= 11 is 1.53. The van der Waals surface area contributed by atoms with Crippen LogP contribution in [0, 0.1) is 0 Å². The molecule has 0 fully saturated rings. The first kappa shape index (κ1) is 14.3. The van der Waals surface area contributed by atoms with Crippen molar-refractivity contribution in [1.82, 2.24) is 19.9 Å². The number of thioether (sulfide) groups is 1. The molecule has 0 aromatic carbocycles. The number of hydrogen-bond donors (Lipinski definition) is 2. The number of fused-ring (bicyclic) bond motifs is 1. The van der Waals surface area contributed by atoms with Gasteiger partial charge in [0.05, 0.1) is 23.5 Å². The molecule has 0 radical (unpaired) electrons. The molecule has 0 spiro atoms. The third kappa shape index (κ3) is 3.08. The van der Waals surface area contributed by atoms with Crippen LogP contribution in [-0.4, -0.2) is 49.6 Å². The van der Waals surface area contributed by atoms with Crippen LogP contribution in [0.15, 0.2) is 24.8 Å². The normalized spacial score (nSPS) is 12.2. The molecule has 7 nitrogen and oxygen atoms in total. The Balaban J connectivity index is 2.16. The zero-order valence-electron chi connectivity index (χ0n) is 10.8. The van der Waals surface area contributed by atoms with Crippen LogP contribution in [0.25, 0.3) is 5.52 Å². The van der Waals surface area contributed by atoms with Crippen molar-refractivity contribution in [2.75, 3.05) is 12.0 Å². The summed E-state index contributed by atoms with van der Waals surface area (Å²) in [5, 5.41) is 15.6. The first-order chi connectivity index (χ1) is 9.63. The first-order valence-electron chi connectivity index (χ1n) is 5.93. The standard InChI is InChI=1S/C12H14N4O3S/c1-20-5-2-9(12(18)19)15-11(17)8-6-14-16-4-3-13-7-10(8)16/h3-4,6-7,9H,2,5H2,1H3,(H,15,17)(H,18,19)/t9-/m0/s1. The van der Waals surface area contributed by atoms with E-state index >= 15 is 0 Å². The Morgan fingerprint density at radius 2 is 2.30 bits per heavy atom. The summed E-state index contributed by atoms with van der Waals surface area (Å²) < 4.78 is 1.51. The van der Waals surface area contributed by atoms with Crippen molar-refractivity contribution in [2.45, 2.75) is 12.5 Å². The van der Waals surface area contributed by atoms with Crippen molar-refractivity contribution < 1.29 is 14.7 Å². The lowest BCUT2D eigenvalue weighted by Crippen LogP contribution is -2.41. The van der Waals surface area contributed by atoms with Gasteiger partial charge in [0.15, 0.2) is 0 Å². The minimum Gasteiger partial charge on any atom is -0.480 e. The lowest BCUT2D eigenvalue weighted by atomic mass is 10.2. The lowest BCUT2D eigenvalue weighted by Gasteiger charge is -2.13. The second-order valence-electron chi connectivity index (χ2n) is 4.11. The topological polar surface area (TPSA) is 96.6 Å². The maximum Gasteiger partial charge on any atom is 0.326 e. The van der Waals surface area contributed by atoms with Crippen LogP contribution in [0.2, 0.25) is 0 Å². The molecule has 0 saturated heterocycles. The Hall–Kier alpha value is -2.09. The van der Waals surface area contributed by atoms with Gasteiger partial charge >= 0.3 is 5.97 Å². The number of nitrogens with zero attached hydrogens (tertiary/aromatic N) is 3. The highest BCUT2D eigenvalue weighted by Crippen LogP contribution is 2.09. The Kier molecular flexibility index (Phi) is 4.57. The number of hydrogen-bond acceptors (Lipinski definition) is 5. The molecule has 106 valence electrons. The van der Waals surface area contributed by atoms with Gasteiger partial charge in [-0.3, -0.25) is 9.78 Å². The Bertz CT molecular complexity index is 628. The summed E-state index contributed by atoms with van der Waals surface area (Å²) in [5.74, 6) is -0.836. The molecule has 0 unspecified atom stereocenters. The molecule has 8 heteroatoms. The minimum absolute atomic E-state index is 0.313. The summed E-state index contributed by atoms with van der Waals surface area (Å²) in [7, 11) is 0. The third-order valence-corrected chi connectivity index (χ3v) is 3.43. The van der Waals surface area contributed by atoms with E-state index in [1.54, 1.807) is 12.4 Å². The zero-order chi connectivity index (χ0) is 14.5. The molecule has 2 N–H and O–H groups in total. The van der Waals surface area contributed by atoms with Crippen molar-refractivity contribution in [3.63, 3.8) is 0 Å². The average Bonchev–Trinajstić information content (AvgIpc) is 2.87. The molecule has 2 aromatic heterocycles. The van der Waals surface area contributed by atoms with E-state index in [2.05, 4.69) is 15.4 Å². The van der Waals surface area contributed by atoms with E-state index in [1.807, 2.05) is 6.26 Å². The summed E-state index contributed by atoms with van der Waals surface area (Å²) in [6, 6.07) is -0.901. The lowest BCUT2D eigenvalue weighted by molar-refractivity contribution is -0.139. The van der Waals surface area contributed by atoms with E-state index in [-0.39, 0.29) is 0 Å². The van der Waals surface area contributed by atoms with Crippen LogP contribution in [0.3, 0.4) is 0 Å². The minimum atomic E-state index is -1.04. The number of carbonyl (C=O) groups is 2. The van der Waals surface area contributed by atoms with Gasteiger partial charge in [0.2, 0.25) is 0 Å². The molecule has 2 aromatic rings. The Morgan fingerprint density at radius 1 is 1.50 bits per heavy atom. The zero-order valence-corrected chi connectivity index (χ0v) is 11.6. The highest BCUT2D eigenvalue weighted by atomic mass is 32.2. The fourth-order valence-corrected chi connectivity index (χ4v) is 2.21. The molecule has 0 aliphatic heterocycles. The van der Waals surface area contributed by atoms with Gasteiger partial charge in [-0.25, -0.2) is 9.31 Å². The van der Waals surface area contributed by atoms with Gasteiger partial charge in [-0.2, -0.15) is 16.9 Å². The van der Waals surface area contributed by atoms with E-state index in [9.17, 15) is 9.59 Å². The predicted molar refractivity (Wildman–Crippen MR) is 74.9 cm³/mol. The number of carboxylic acids is 1. The summed E-state index contributed by atoms with van der Waals surface area (Å²) in [5.41, 5.74) is 0.854. The van der Waals surface area contributed by atoms with Gasteiger partial charge in [-0.1, -0.05) is 0 Å². The fourth-order valence-electron chi connectivity index (χ4n) is 1.74. The molecule has 20 heavy (non-hydrogen) atoms. The van der Waals surface area contributed by atoms with E-state index in [1.165, 1.54) is 28.7 Å². The van der Waals surface area contributed by atoms with Crippen molar-refractivity contribution in [2.24, 2.45) is 0 Å². The van der Waals surface area contributed by atoms with Gasteiger partial charge < -0.3 is 10.4 Å². The average molecular weight is 294 g/mol. The SMILES string of the molecule is CSCC[C@H](NC(=O)c1cnn2ccncc12)C(=O)O. The predicted octanol–water partition coefficient (Wildman–Crippen LogP) is 0.665. The van der Waals surface area contributed by atoms with Crippen molar-refractivity contribution >= 4 is 29.2 Å². The molecule has 2 rings (SSSR count). The molecule has 1 amide bonds. The van der Waals surface area contributed by atoms with E-state index in [0.717, 1.165) is 0 Å². The molecule has 0 aliphatic carbocycles. The molecule has 1 atom stereocenters. The maximum absolute atomic E-state index is 12.1. The number of carboxylic acid groups (broad SMARTS) is 1. The fraction of sp³-hybridized carbons (Fsp3) is 0.333. The van der Waals surface area contributed by atoms with Crippen LogP contribution < -0.4 is 5.32 Å². The van der Waals surface area contributed by atoms with Gasteiger partial charge in [-0.15, -0.1) is 0 Å². The smallest absolute Gasteiger partial charge is 0.326 e. The second-order valence-corrected chi connectivity index (χ2v) is 5.10. The molecular formula is C12H14N4O3S. The van der Waals surface area contributed by atoms with Crippen LogP contribution in [0.5, 0.6) is 0 Å². The van der Waals surface area contributed by atoms with Gasteiger partial charge in [0, 0.05) is 12.4 Å². The van der Waals surface area contributed by atoms with Gasteiger partial charge in [0.1, 0.15) is 6.04 Å². The monoisotopic (exact) mass is 294 g/mol. The van der Waals surface area contributed by atoms with E-state index in [0.29, 0.717) is 23.3 Å². The molecular weight excluding hydrogens is 280 g/mol.